The Bertz CT molecular complexity index is 1820. The number of aromatic carboxylic acids is 1. The zero-order chi connectivity index (χ0) is 31.4. The van der Waals surface area contributed by atoms with Crippen molar-refractivity contribution >= 4 is 17.0 Å². The zero-order valence-corrected chi connectivity index (χ0v) is 24.3. The molecule has 0 unspecified atom stereocenters. The van der Waals surface area contributed by atoms with E-state index in [4.69, 9.17) is 14.2 Å². The van der Waals surface area contributed by atoms with Gasteiger partial charge in [0.1, 0.15) is 29.9 Å². The maximum Gasteiger partial charge on any atom is 0.335 e. The van der Waals surface area contributed by atoms with Crippen molar-refractivity contribution in [2.24, 2.45) is 0 Å². The topological polar surface area (TPSA) is 95.7 Å². The van der Waals surface area contributed by atoms with Crippen LogP contribution >= 0.6 is 0 Å². The number of carboxylic acids is 1. The molecule has 8 nitrogen and oxygen atoms in total. The van der Waals surface area contributed by atoms with Gasteiger partial charge in [0.05, 0.1) is 41.5 Å². The van der Waals surface area contributed by atoms with Crippen LogP contribution in [-0.2, 0) is 22.5 Å². The molecule has 1 N–H and O–H groups in total. The van der Waals surface area contributed by atoms with Gasteiger partial charge in [-0.25, -0.2) is 27.9 Å². The van der Waals surface area contributed by atoms with Crippen molar-refractivity contribution in [1.29, 1.82) is 0 Å². The van der Waals surface area contributed by atoms with Gasteiger partial charge in [-0.05, 0) is 60.5 Å². The van der Waals surface area contributed by atoms with Gasteiger partial charge in [0.25, 0.3) is 0 Å². The molecule has 0 fully saturated rings. The molecule has 0 bridgehead atoms. The first-order valence-corrected chi connectivity index (χ1v) is 13.7. The lowest BCUT2D eigenvalue weighted by molar-refractivity contribution is 0.0697. The van der Waals surface area contributed by atoms with Gasteiger partial charge < -0.3 is 23.9 Å². The molecule has 5 rings (SSSR count). The van der Waals surface area contributed by atoms with E-state index in [0.717, 1.165) is 17.7 Å². The van der Waals surface area contributed by atoms with Crippen LogP contribution in [0.4, 0.5) is 13.2 Å². The lowest BCUT2D eigenvalue weighted by atomic mass is 10.0. The van der Waals surface area contributed by atoms with Crippen LogP contribution in [0, 0.1) is 24.4 Å². The van der Waals surface area contributed by atoms with Gasteiger partial charge in [-0.3, -0.25) is 0 Å². The third kappa shape index (κ3) is 6.58. The Kier molecular flexibility index (Phi) is 9.26. The first-order valence-electron chi connectivity index (χ1n) is 13.7. The van der Waals surface area contributed by atoms with Crippen molar-refractivity contribution in [2.45, 2.75) is 26.0 Å². The molecule has 0 saturated carbocycles. The summed E-state index contributed by atoms with van der Waals surface area (Å²) in [6, 6.07) is 15.7. The van der Waals surface area contributed by atoms with Gasteiger partial charge >= 0.3 is 5.97 Å². The Morgan fingerprint density at radius 1 is 0.886 bits per heavy atom. The van der Waals surface area contributed by atoms with Crippen LogP contribution in [0.25, 0.3) is 22.3 Å². The Hall–Kier alpha value is -4.74. The van der Waals surface area contributed by atoms with Gasteiger partial charge in [0.2, 0.25) is 5.88 Å². The van der Waals surface area contributed by atoms with Crippen molar-refractivity contribution in [3.8, 4) is 17.1 Å². The summed E-state index contributed by atoms with van der Waals surface area (Å²) in [6.07, 6.45) is -0.0945. The standard InChI is InChI=1S/C33H30F3N3O5/c1-19-7-8-21(25(34)11-19)16-44-32-6-4-5-28(38-32)24-15-26(35)22(12-27(24)36)14-31-37-29-10-9-20(33(40)41)13-30(29)39(31)23(17-42-2)18-43-3/h4-13,15,23H,14,16-18H2,1-3H3,(H,40,41). The van der Waals surface area contributed by atoms with Gasteiger partial charge in [-0.1, -0.05) is 18.2 Å². The van der Waals surface area contributed by atoms with E-state index in [1.165, 1.54) is 38.5 Å². The maximum atomic E-state index is 15.6. The predicted molar refractivity (Wildman–Crippen MR) is 157 cm³/mol. The van der Waals surface area contributed by atoms with Crippen LogP contribution in [0.1, 0.15) is 38.9 Å². The molecular formula is C33H30F3N3O5. The van der Waals surface area contributed by atoms with Gasteiger partial charge in [0.15, 0.2) is 0 Å². The lowest BCUT2D eigenvalue weighted by Crippen LogP contribution is -2.22. The van der Waals surface area contributed by atoms with Gasteiger partial charge in [-0.15, -0.1) is 0 Å². The summed E-state index contributed by atoms with van der Waals surface area (Å²) in [5.74, 6) is -2.40. The molecule has 11 heteroatoms. The Balaban J connectivity index is 1.46. The van der Waals surface area contributed by atoms with Crippen molar-refractivity contribution in [3.05, 3.63) is 112 Å². The average molecular weight is 606 g/mol. The van der Waals surface area contributed by atoms with Gasteiger partial charge in [-0.2, -0.15) is 0 Å². The van der Waals surface area contributed by atoms with Crippen LogP contribution in [0.2, 0.25) is 0 Å². The molecule has 2 heterocycles. The fourth-order valence-electron chi connectivity index (χ4n) is 5.05. The smallest absolute Gasteiger partial charge is 0.335 e. The summed E-state index contributed by atoms with van der Waals surface area (Å²) < 4.78 is 63.4. The number of hydrogen-bond acceptors (Lipinski definition) is 6. The number of hydrogen-bond donors (Lipinski definition) is 1. The minimum absolute atomic E-state index is 0.0390. The summed E-state index contributed by atoms with van der Waals surface area (Å²) in [4.78, 5) is 20.6. The molecule has 5 aromatic rings. The van der Waals surface area contributed by atoms with E-state index in [-0.39, 0.29) is 54.5 Å². The molecular weight excluding hydrogens is 575 g/mol. The Morgan fingerprint density at radius 2 is 1.64 bits per heavy atom. The summed E-state index contributed by atoms with van der Waals surface area (Å²) in [6.45, 7) is 2.12. The normalized spacial score (nSPS) is 11.4. The van der Waals surface area contributed by atoms with Crippen LogP contribution < -0.4 is 4.74 Å². The van der Waals surface area contributed by atoms with E-state index in [9.17, 15) is 14.3 Å². The fourth-order valence-corrected chi connectivity index (χ4v) is 5.05. The van der Waals surface area contributed by atoms with Crippen LogP contribution in [0.5, 0.6) is 5.88 Å². The molecule has 3 aromatic carbocycles. The van der Waals surface area contributed by atoms with E-state index in [1.54, 1.807) is 41.8 Å². The highest BCUT2D eigenvalue weighted by Crippen LogP contribution is 2.30. The van der Waals surface area contributed by atoms with Crippen LogP contribution in [0.15, 0.2) is 66.7 Å². The molecule has 228 valence electrons. The highest BCUT2D eigenvalue weighted by molar-refractivity contribution is 5.92. The number of aryl methyl sites for hydroxylation is 1. The van der Waals surface area contributed by atoms with Crippen molar-refractivity contribution in [1.82, 2.24) is 14.5 Å². The number of aromatic nitrogens is 3. The number of carbonyl (C=O) groups is 1. The lowest BCUT2D eigenvalue weighted by Gasteiger charge is -2.21. The molecule has 0 atom stereocenters. The number of fused-ring (bicyclic) bond motifs is 1. The first-order chi connectivity index (χ1) is 21.2. The second kappa shape index (κ2) is 13.3. The molecule has 44 heavy (non-hydrogen) atoms. The van der Waals surface area contributed by atoms with Crippen molar-refractivity contribution < 1.29 is 37.3 Å². The largest absolute Gasteiger partial charge is 0.478 e. The predicted octanol–water partition coefficient (Wildman–Crippen LogP) is 6.53. The first kappa shape index (κ1) is 30.7. The third-order valence-electron chi connectivity index (χ3n) is 7.16. The molecule has 0 aliphatic carbocycles. The summed E-state index contributed by atoms with van der Waals surface area (Å²) in [5, 5.41) is 9.53. The summed E-state index contributed by atoms with van der Waals surface area (Å²) >= 11 is 0. The second-order valence-electron chi connectivity index (χ2n) is 10.3. The number of halogens is 3. The number of pyridine rings is 1. The second-order valence-corrected chi connectivity index (χ2v) is 10.3. The monoisotopic (exact) mass is 605 g/mol. The Labute approximate surface area is 251 Å². The molecule has 0 spiro atoms. The highest BCUT2D eigenvalue weighted by Gasteiger charge is 2.23. The molecule has 0 aliphatic rings. The van der Waals surface area contributed by atoms with E-state index in [0.29, 0.717) is 22.4 Å². The average Bonchev–Trinajstić information content (AvgIpc) is 3.35. The van der Waals surface area contributed by atoms with Crippen LogP contribution in [0.3, 0.4) is 0 Å². The van der Waals surface area contributed by atoms with Crippen molar-refractivity contribution in [2.75, 3.05) is 27.4 Å². The van der Waals surface area contributed by atoms with E-state index in [2.05, 4.69) is 9.97 Å². The highest BCUT2D eigenvalue weighted by atomic mass is 19.1. The summed E-state index contributed by atoms with van der Waals surface area (Å²) in [7, 11) is 3.04. The SMILES string of the molecule is COCC(COC)n1c(Cc2cc(F)c(-c3cccc(OCc4ccc(C)cc4F)n3)cc2F)nc2ccc(C(=O)O)cc21. The molecule has 0 amide bonds. The fraction of sp³-hybridized carbons (Fsp3) is 0.242. The van der Waals surface area contributed by atoms with Crippen molar-refractivity contribution in [3.63, 3.8) is 0 Å². The number of carboxylic acid groups (broad SMARTS) is 1. The minimum atomic E-state index is -1.11. The molecule has 2 aromatic heterocycles. The van der Waals surface area contributed by atoms with Crippen LogP contribution in [-0.4, -0.2) is 53.0 Å². The molecule has 0 saturated heterocycles. The Morgan fingerprint density at radius 3 is 2.34 bits per heavy atom. The number of methoxy groups -OCH3 is 2. The third-order valence-corrected chi connectivity index (χ3v) is 7.16. The zero-order valence-electron chi connectivity index (χ0n) is 24.3. The molecule has 0 radical (unpaired) electrons. The summed E-state index contributed by atoms with van der Waals surface area (Å²) in [5.41, 5.74) is 2.28. The molecule has 0 aliphatic heterocycles. The number of imidazole rings is 1. The van der Waals surface area contributed by atoms with Gasteiger partial charge in [0, 0.05) is 37.8 Å². The quantitative estimate of drug-likeness (QED) is 0.173. The van der Waals surface area contributed by atoms with E-state index >= 15 is 8.78 Å². The number of nitrogens with zero attached hydrogens (tertiary/aromatic N) is 3. The minimum Gasteiger partial charge on any atom is -0.478 e. The van der Waals surface area contributed by atoms with E-state index < -0.39 is 29.5 Å². The van der Waals surface area contributed by atoms with E-state index in [1.807, 2.05) is 0 Å². The number of rotatable bonds is 12. The maximum absolute atomic E-state index is 15.6. The number of benzene rings is 3. The number of ether oxygens (including phenoxy) is 3.